The number of halogens is 1. The summed E-state index contributed by atoms with van der Waals surface area (Å²) in [6, 6.07) is 0.900. The van der Waals surface area contributed by atoms with Gasteiger partial charge in [-0.05, 0) is 38.1 Å². The van der Waals surface area contributed by atoms with E-state index < -0.39 is 6.17 Å². The molecule has 4 atom stereocenters. The summed E-state index contributed by atoms with van der Waals surface area (Å²) in [4.78, 5) is 2.29. The largest absolute Gasteiger partial charge is 0.297 e. The summed E-state index contributed by atoms with van der Waals surface area (Å²) in [7, 11) is 2.10. The quantitative estimate of drug-likeness (QED) is 0.606. The Morgan fingerprint density at radius 1 is 1.23 bits per heavy atom. The van der Waals surface area contributed by atoms with Crippen molar-refractivity contribution in [3.05, 3.63) is 0 Å². The van der Waals surface area contributed by atoms with Crippen LogP contribution in [0.2, 0.25) is 0 Å². The van der Waals surface area contributed by atoms with E-state index in [9.17, 15) is 4.39 Å². The molecule has 2 rings (SSSR count). The minimum atomic E-state index is -0.573. The van der Waals surface area contributed by atoms with Crippen LogP contribution >= 0.6 is 0 Å². The van der Waals surface area contributed by atoms with Crippen molar-refractivity contribution in [3.8, 4) is 0 Å². The van der Waals surface area contributed by atoms with E-state index in [0.29, 0.717) is 17.9 Å². The van der Waals surface area contributed by atoms with Crippen molar-refractivity contribution < 1.29 is 4.39 Å². The second-order valence-corrected chi connectivity index (χ2v) is 5.04. The van der Waals surface area contributed by atoms with Crippen molar-refractivity contribution in [1.29, 1.82) is 0 Å². The van der Waals surface area contributed by atoms with E-state index in [-0.39, 0.29) is 6.04 Å². The predicted molar refractivity (Wildman–Crippen MR) is 52.4 cm³/mol. The summed E-state index contributed by atoms with van der Waals surface area (Å²) >= 11 is 0. The molecular weight excluding hydrogens is 165 g/mol. The van der Waals surface area contributed by atoms with Crippen molar-refractivity contribution in [2.75, 3.05) is 7.05 Å². The van der Waals surface area contributed by atoms with E-state index in [1.54, 1.807) is 0 Å². The standard InChI is InChI=1S/C11H20FN/c1-7(2)8-6-9(12)11-5-4-10(8)13(11)3/h7-11H,4-6H2,1-3H3. The highest BCUT2D eigenvalue weighted by molar-refractivity contribution is 5.00. The van der Waals surface area contributed by atoms with Gasteiger partial charge in [-0.1, -0.05) is 13.8 Å². The molecule has 0 aromatic rings. The first kappa shape index (κ1) is 9.45. The van der Waals surface area contributed by atoms with Gasteiger partial charge in [0.15, 0.2) is 0 Å². The highest BCUT2D eigenvalue weighted by atomic mass is 19.1. The molecule has 0 spiro atoms. The summed E-state index contributed by atoms with van der Waals surface area (Å²) in [5, 5.41) is 0. The molecule has 0 N–H and O–H groups in total. The number of hydrogen-bond acceptors (Lipinski definition) is 1. The Kier molecular flexibility index (Phi) is 2.35. The molecule has 2 heteroatoms. The Labute approximate surface area is 80.3 Å². The Balaban J connectivity index is 2.15. The molecule has 0 aromatic carbocycles. The van der Waals surface area contributed by atoms with Gasteiger partial charge in [0.1, 0.15) is 6.17 Å². The molecule has 2 saturated heterocycles. The van der Waals surface area contributed by atoms with Gasteiger partial charge >= 0.3 is 0 Å². The third kappa shape index (κ3) is 1.39. The molecule has 0 saturated carbocycles. The first-order chi connectivity index (χ1) is 6.11. The summed E-state index contributed by atoms with van der Waals surface area (Å²) in [6.45, 7) is 4.45. The first-order valence-corrected chi connectivity index (χ1v) is 5.47. The molecule has 76 valence electrons. The first-order valence-electron chi connectivity index (χ1n) is 5.47. The number of alkyl halides is 1. The van der Waals surface area contributed by atoms with Crippen molar-refractivity contribution in [1.82, 2.24) is 4.90 Å². The average Bonchev–Trinajstić information content (AvgIpc) is 2.30. The zero-order chi connectivity index (χ0) is 9.59. The van der Waals surface area contributed by atoms with E-state index in [2.05, 4.69) is 25.8 Å². The zero-order valence-corrected chi connectivity index (χ0v) is 8.83. The van der Waals surface area contributed by atoms with Crippen molar-refractivity contribution >= 4 is 0 Å². The maximum absolute atomic E-state index is 13.7. The van der Waals surface area contributed by atoms with Crippen LogP contribution in [0, 0.1) is 11.8 Å². The molecular formula is C11H20FN. The normalized spacial score (nSPS) is 45.9. The number of hydrogen-bond donors (Lipinski definition) is 0. The van der Waals surface area contributed by atoms with Crippen LogP contribution in [0.3, 0.4) is 0 Å². The van der Waals surface area contributed by atoms with Crippen LogP contribution in [0.25, 0.3) is 0 Å². The number of fused-ring (bicyclic) bond motifs is 2. The van der Waals surface area contributed by atoms with Crippen LogP contribution < -0.4 is 0 Å². The zero-order valence-electron chi connectivity index (χ0n) is 8.83. The minimum Gasteiger partial charge on any atom is -0.297 e. The molecule has 2 aliphatic rings. The molecule has 2 bridgehead atoms. The number of piperidine rings is 1. The number of nitrogens with zero attached hydrogens (tertiary/aromatic N) is 1. The Morgan fingerprint density at radius 3 is 2.46 bits per heavy atom. The average molecular weight is 185 g/mol. The van der Waals surface area contributed by atoms with Gasteiger partial charge in [-0.25, -0.2) is 4.39 Å². The maximum atomic E-state index is 13.7. The third-order valence-corrected chi connectivity index (χ3v) is 4.07. The van der Waals surface area contributed by atoms with Gasteiger partial charge in [-0.15, -0.1) is 0 Å². The molecule has 2 heterocycles. The smallest absolute Gasteiger partial charge is 0.116 e. The fourth-order valence-electron chi connectivity index (χ4n) is 3.24. The molecule has 4 unspecified atom stereocenters. The van der Waals surface area contributed by atoms with Crippen LogP contribution in [0.5, 0.6) is 0 Å². The number of rotatable bonds is 1. The SMILES string of the molecule is CC(C)C1CC(F)C2CCC1N2C. The topological polar surface area (TPSA) is 3.24 Å². The lowest BCUT2D eigenvalue weighted by Crippen LogP contribution is -2.49. The summed E-state index contributed by atoms with van der Waals surface area (Å²) in [6.07, 6.45) is 2.52. The maximum Gasteiger partial charge on any atom is 0.116 e. The minimum absolute atomic E-state index is 0.236. The molecule has 1 nitrogen and oxygen atoms in total. The van der Waals surface area contributed by atoms with Gasteiger partial charge < -0.3 is 0 Å². The molecule has 0 aromatic heterocycles. The van der Waals surface area contributed by atoms with Gasteiger partial charge in [-0.2, -0.15) is 0 Å². The summed E-state index contributed by atoms with van der Waals surface area (Å²) in [5.74, 6) is 1.21. The predicted octanol–water partition coefficient (Wildman–Crippen LogP) is 2.46. The van der Waals surface area contributed by atoms with E-state index >= 15 is 0 Å². The Bertz CT molecular complexity index is 193. The molecule has 2 fully saturated rings. The lowest BCUT2D eigenvalue weighted by atomic mass is 9.81. The van der Waals surface area contributed by atoms with E-state index in [4.69, 9.17) is 0 Å². The molecule has 0 radical (unpaired) electrons. The lowest BCUT2D eigenvalue weighted by Gasteiger charge is -2.41. The van der Waals surface area contributed by atoms with Crippen LogP contribution in [-0.4, -0.2) is 30.2 Å². The van der Waals surface area contributed by atoms with Crippen LogP contribution in [0.4, 0.5) is 4.39 Å². The lowest BCUT2D eigenvalue weighted by molar-refractivity contribution is 0.0291. The van der Waals surface area contributed by atoms with E-state index in [0.717, 1.165) is 12.8 Å². The van der Waals surface area contributed by atoms with Gasteiger partial charge in [-0.3, -0.25) is 4.90 Å². The molecule has 0 aliphatic carbocycles. The second-order valence-electron chi connectivity index (χ2n) is 5.04. The van der Waals surface area contributed by atoms with Crippen LogP contribution in [-0.2, 0) is 0 Å². The van der Waals surface area contributed by atoms with Gasteiger partial charge in [0.25, 0.3) is 0 Å². The molecule has 2 aliphatic heterocycles. The van der Waals surface area contributed by atoms with Gasteiger partial charge in [0, 0.05) is 12.1 Å². The van der Waals surface area contributed by atoms with E-state index in [1.807, 2.05) is 0 Å². The Hall–Kier alpha value is -0.110. The highest BCUT2D eigenvalue weighted by Crippen LogP contribution is 2.42. The van der Waals surface area contributed by atoms with Crippen LogP contribution in [0.15, 0.2) is 0 Å². The monoisotopic (exact) mass is 185 g/mol. The van der Waals surface area contributed by atoms with Gasteiger partial charge in [0.2, 0.25) is 0 Å². The fraction of sp³-hybridized carbons (Fsp3) is 1.00. The van der Waals surface area contributed by atoms with E-state index in [1.165, 1.54) is 6.42 Å². The van der Waals surface area contributed by atoms with Gasteiger partial charge in [0.05, 0.1) is 0 Å². The van der Waals surface area contributed by atoms with Crippen molar-refractivity contribution in [2.45, 2.75) is 51.4 Å². The van der Waals surface area contributed by atoms with Crippen LogP contribution in [0.1, 0.15) is 33.1 Å². The van der Waals surface area contributed by atoms with Crippen molar-refractivity contribution in [3.63, 3.8) is 0 Å². The summed E-state index contributed by atoms with van der Waals surface area (Å²) < 4.78 is 13.7. The Morgan fingerprint density at radius 2 is 1.85 bits per heavy atom. The highest BCUT2D eigenvalue weighted by Gasteiger charge is 2.46. The second kappa shape index (κ2) is 3.23. The molecule has 0 amide bonds. The van der Waals surface area contributed by atoms with Crippen molar-refractivity contribution in [2.24, 2.45) is 11.8 Å². The fourth-order valence-corrected chi connectivity index (χ4v) is 3.24. The summed E-state index contributed by atoms with van der Waals surface area (Å²) in [5.41, 5.74) is 0. The third-order valence-electron chi connectivity index (χ3n) is 4.07. The molecule has 13 heavy (non-hydrogen) atoms.